The van der Waals surface area contributed by atoms with Crippen LogP contribution in [-0.2, 0) is 0 Å². The molecular formula is C17H9AsS2. The molecule has 0 saturated carbocycles. The van der Waals surface area contributed by atoms with Crippen molar-refractivity contribution in [3.05, 3.63) is 61.9 Å². The molecule has 3 heteroatoms. The Morgan fingerprint density at radius 2 is 1.45 bits per heavy atom. The standard InChI is InChI=1S/C17H9AsS2/c1-3-7-12-10(5-1)16-14(19-12)9-15-17(18-16)11-6-2-4-8-13(11)20-15/h1-9H. The fourth-order valence-corrected chi connectivity index (χ4v) is 8.83. The maximum atomic E-state index is 2.42. The summed E-state index contributed by atoms with van der Waals surface area (Å²) in [4.78, 5) is 1.49. The molecule has 3 heterocycles. The first-order valence-corrected chi connectivity index (χ1v) is 10.0. The molecular weight excluding hydrogens is 343 g/mol. The molecule has 4 aromatic rings. The number of benzene rings is 2. The Labute approximate surface area is 130 Å². The van der Waals surface area contributed by atoms with Gasteiger partial charge in [0.05, 0.1) is 0 Å². The van der Waals surface area contributed by atoms with Crippen molar-refractivity contribution in [3.63, 3.8) is 0 Å². The van der Waals surface area contributed by atoms with Gasteiger partial charge in [-0.15, -0.1) is 0 Å². The molecule has 0 nitrogen and oxygen atoms in total. The second kappa shape index (κ2) is 4.14. The van der Waals surface area contributed by atoms with E-state index in [-0.39, 0.29) is 15.3 Å². The van der Waals surface area contributed by atoms with E-state index >= 15 is 0 Å². The minimum atomic E-state index is 0.105. The summed E-state index contributed by atoms with van der Waals surface area (Å²) in [5, 5.41) is 2.95. The van der Waals surface area contributed by atoms with Crippen molar-refractivity contribution < 1.29 is 0 Å². The van der Waals surface area contributed by atoms with E-state index < -0.39 is 0 Å². The Morgan fingerprint density at radius 3 is 2.30 bits per heavy atom. The zero-order valence-corrected chi connectivity index (χ0v) is 14.0. The van der Waals surface area contributed by atoms with Gasteiger partial charge in [0.15, 0.2) is 0 Å². The van der Waals surface area contributed by atoms with Crippen LogP contribution in [-0.4, -0.2) is 15.3 Å². The molecule has 94 valence electrons. The molecule has 20 heavy (non-hydrogen) atoms. The van der Waals surface area contributed by atoms with Crippen LogP contribution in [0.2, 0.25) is 0 Å². The monoisotopic (exact) mass is 352 g/mol. The van der Waals surface area contributed by atoms with Gasteiger partial charge in [-0.3, -0.25) is 0 Å². The molecule has 0 radical (unpaired) electrons. The molecule has 5 rings (SSSR count). The third-order valence-electron chi connectivity index (χ3n) is 3.68. The van der Waals surface area contributed by atoms with Gasteiger partial charge in [-0.1, -0.05) is 0 Å². The van der Waals surface area contributed by atoms with Gasteiger partial charge in [-0.2, -0.15) is 0 Å². The van der Waals surface area contributed by atoms with Crippen molar-refractivity contribution in [3.8, 4) is 0 Å². The van der Waals surface area contributed by atoms with E-state index in [0.29, 0.717) is 0 Å². The van der Waals surface area contributed by atoms with Gasteiger partial charge < -0.3 is 0 Å². The maximum absolute atomic E-state index is 2.42. The molecule has 0 unspecified atom stereocenters. The molecule has 0 N–H and O–H groups in total. The Kier molecular flexibility index (Phi) is 2.37. The Morgan fingerprint density at radius 1 is 0.750 bits per heavy atom. The molecule has 0 aliphatic carbocycles. The van der Waals surface area contributed by atoms with Crippen LogP contribution in [0, 0.1) is 3.95 Å². The van der Waals surface area contributed by atoms with Crippen LogP contribution in [0.25, 0.3) is 26.2 Å². The van der Waals surface area contributed by atoms with Crippen LogP contribution < -0.4 is 8.88 Å². The summed E-state index contributed by atoms with van der Waals surface area (Å²) in [7, 11) is 0. The van der Waals surface area contributed by atoms with Crippen molar-refractivity contribution in [1.29, 1.82) is 0 Å². The minimum absolute atomic E-state index is 0.105. The van der Waals surface area contributed by atoms with Crippen molar-refractivity contribution >= 4 is 68.6 Å². The van der Waals surface area contributed by atoms with E-state index in [0.717, 1.165) is 0 Å². The topological polar surface area (TPSA) is 0 Å². The summed E-state index contributed by atoms with van der Waals surface area (Å²) in [6.07, 6.45) is 2.42. The first kappa shape index (κ1) is 11.4. The number of hydrogen-bond acceptors (Lipinski definition) is 2. The molecule has 0 amide bonds. The zero-order valence-electron chi connectivity index (χ0n) is 10.5. The summed E-state index contributed by atoms with van der Waals surface area (Å²) >= 11 is 4.00. The van der Waals surface area contributed by atoms with Crippen molar-refractivity contribution in [2.24, 2.45) is 0 Å². The normalized spacial score (nSPS) is 13.6. The van der Waals surface area contributed by atoms with Gasteiger partial charge in [0.25, 0.3) is 0 Å². The van der Waals surface area contributed by atoms with Crippen LogP contribution in [0.3, 0.4) is 0 Å². The van der Waals surface area contributed by atoms with E-state index in [4.69, 9.17) is 0 Å². The van der Waals surface area contributed by atoms with E-state index in [1.165, 1.54) is 29.6 Å². The zero-order chi connectivity index (χ0) is 13.1. The molecule has 0 spiro atoms. The number of hydrogen-bond donors (Lipinski definition) is 0. The average molecular weight is 352 g/mol. The molecule has 0 saturated heterocycles. The van der Waals surface area contributed by atoms with Crippen LogP contribution in [0.1, 0.15) is 4.88 Å². The summed E-state index contributed by atoms with van der Waals surface area (Å²) < 4.78 is 7.58. The Balaban J connectivity index is 1.99. The predicted octanol–water partition coefficient (Wildman–Crippen LogP) is 3.54. The summed E-state index contributed by atoms with van der Waals surface area (Å²) in [5.41, 5.74) is 0. The predicted molar refractivity (Wildman–Crippen MR) is 91.1 cm³/mol. The molecule has 2 aromatic carbocycles. The molecule has 0 fully saturated rings. The van der Waals surface area contributed by atoms with Crippen LogP contribution >= 0.6 is 22.7 Å². The molecule has 1 aliphatic heterocycles. The van der Waals surface area contributed by atoms with Gasteiger partial charge in [-0.25, -0.2) is 0 Å². The van der Waals surface area contributed by atoms with E-state index in [2.05, 4.69) is 54.6 Å². The number of fused-ring (bicyclic) bond motifs is 6. The summed E-state index contributed by atoms with van der Waals surface area (Å²) in [6.45, 7) is 0. The van der Waals surface area contributed by atoms with Crippen LogP contribution in [0.15, 0.2) is 48.5 Å². The SMILES string of the molecule is C1=c2sc3ccccc3c2=[As]c2c1sc1ccccc21. The fraction of sp³-hybridized carbons (Fsp3) is 0. The van der Waals surface area contributed by atoms with E-state index in [9.17, 15) is 0 Å². The van der Waals surface area contributed by atoms with Crippen molar-refractivity contribution in [1.82, 2.24) is 0 Å². The van der Waals surface area contributed by atoms with Gasteiger partial charge in [0.2, 0.25) is 0 Å². The van der Waals surface area contributed by atoms with Crippen molar-refractivity contribution in [2.45, 2.75) is 0 Å². The second-order valence-electron chi connectivity index (χ2n) is 4.88. The number of thiophene rings is 2. The third-order valence-corrected chi connectivity index (χ3v) is 9.53. The number of rotatable bonds is 0. The quantitative estimate of drug-likeness (QED) is 0.374. The molecule has 2 aromatic heterocycles. The second-order valence-corrected chi connectivity index (χ2v) is 9.39. The first-order chi connectivity index (χ1) is 9.90. The summed E-state index contributed by atoms with van der Waals surface area (Å²) in [5.74, 6) is 0. The Bertz CT molecular complexity index is 1100. The average Bonchev–Trinajstić information content (AvgIpc) is 3.02. The van der Waals surface area contributed by atoms with E-state index in [1.807, 2.05) is 22.7 Å². The first-order valence-electron chi connectivity index (χ1n) is 6.50. The third kappa shape index (κ3) is 1.50. The summed E-state index contributed by atoms with van der Waals surface area (Å²) in [6, 6.07) is 17.7. The molecule has 1 aliphatic rings. The fourth-order valence-electron chi connectivity index (χ4n) is 2.76. The van der Waals surface area contributed by atoms with Crippen molar-refractivity contribution in [2.75, 3.05) is 0 Å². The molecule has 0 bridgehead atoms. The van der Waals surface area contributed by atoms with E-state index in [1.54, 1.807) is 8.30 Å². The molecule has 0 atom stereocenters. The van der Waals surface area contributed by atoms with Gasteiger partial charge in [-0.05, 0) is 0 Å². The van der Waals surface area contributed by atoms with Gasteiger partial charge in [0.1, 0.15) is 0 Å². The van der Waals surface area contributed by atoms with Crippen LogP contribution in [0.5, 0.6) is 0 Å². The Hall–Kier alpha value is -1.21. The van der Waals surface area contributed by atoms with Crippen LogP contribution in [0.4, 0.5) is 0 Å². The van der Waals surface area contributed by atoms with Gasteiger partial charge in [0, 0.05) is 0 Å². The van der Waals surface area contributed by atoms with Gasteiger partial charge >= 0.3 is 130 Å².